The fourth-order valence-corrected chi connectivity index (χ4v) is 2.54. The molecule has 0 aliphatic carbocycles. The molecular formula is C15H15N3O2. The molecule has 0 fully saturated rings. The van der Waals surface area contributed by atoms with Crippen molar-refractivity contribution in [1.29, 1.82) is 0 Å². The first kappa shape index (κ1) is 12.6. The Labute approximate surface area is 116 Å². The molecule has 0 spiro atoms. The topological polar surface area (TPSA) is 59.2 Å². The molecule has 1 aliphatic heterocycles. The number of nitrogens with zero attached hydrogens (tertiary/aromatic N) is 3. The SMILES string of the molecule is C=CC(=O)N1Cc2ccccc2CC1c1nnc(C)o1. The normalized spacial score (nSPS) is 17.6. The molecule has 5 nitrogen and oxygen atoms in total. The minimum atomic E-state index is -0.225. The van der Waals surface area contributed by atoms with Crippen LogP contribution in [-0.4, -0.2) is 21.0 Å². The highest BCUT2D eigenvalue weighted by molar-refractivity contribution is 5.87. The monoisotopic (exact) mass is 269 g/mol. The van der Waals surface area contributed by atoms with Crippen molar-refractivity contribution in [2.24, 2.45) is 0 Å². The quantitative estimate of drug-likeness (QED) is 0.784. The Balaban J connectivity index is 2.01. The molecule has 0 N–H and O–H groups in total. The highest BCUT2D eigenvalue weighted by atomic mass is 16.4. The number of carbonyl (C=O) groups is 1. The van der Waals surface area contributed by atoms with E-state index in [0.717, 1.165) is 5.56 Å². The number of aryl methyl sites for hydroxylation is 1. The second kappa shape index (κ2) is 4.92. The van der Waals surface area contributed by atoms with E-state index in [1.165, 1.54) is 11.6 Å². The van der Waals surface area contributed by atoms with Gasteiger partial charge >= 0.3 is 0 Å². The molecule has 20 heavy (non-hydrogen) atoms. The maximum absolute atomic E-state index is 12.1. The summed E-state index contributed by atoms with van der Waals surface area (Å²) in [5, 5.41) is 7.92. The van der Waals surface area contributed by atoms with Crippen LogP contribution in [0, 0.1) is 6.92 Å². The first-order valence-electron chi connectivity index (χ1n) is 6.49. The Morgan fingerprint density at radius 1 is 1.40 bits per heavy atom. The zero-order valence-electron chi connectivity index (χ0n) is 11.2. The molecule has 0 bridgehead atoms. The Hall–Kier alpha value is -2.43. The van der Waals surface area contributed by atoms with Crippen LogP contribution < -0.4 is 0 Å². The summed E-state index contributed by atoms with van der Waals surface area (Å²) in [6.07, 6.45) is 2.00. The number of aromatic nitrogens is 2. The van der Waals surface area contributed by atoms with Gasteiger partial charge < -0.3 is 9.32 Å². The van der Waals surface area contributed by atoms with Crippen molar-refractivity contribution >= 4 is 5.91 Å². The van der Waals surface area contributed by atoms with Crippen LogP contribution in [0.5, 0.6) is 0 Å². The van der Waals surface area contributed by atoms with E-state index in [9.17, 15) is 4.79 Å². The van der Waals surface area contributed by atoms with E-state index in [0.29, 0.717) is 24.7 Å². The second-order valence-electron chi connectivity index (χ2n) is 4.82. The number of hydrogen-bond donors (Lipinski definition) is 0. The van der Waals surface area contributed by atoms with Gasteiger partial charge in [-0.25, -0.2) is 0 Å². The molecule has 1 amide bonds. The Morgan fingerprint density at radius 2 is 2.15 bits per heavy atom. The zero-order chi connectivity index (χ0) is 14.1. The third-order valence-electron chi connectivity index (χ3n) is 3.53. The highest BCUT2D eigenvalue weighted by Crippen LogP contribution is 2.32. The van der Waals surface area contributed by atoms with Crippen LogP contribution in [0.3, 0.4) is 0 Å². The smallest absolute Gasteiger partial charge is 0.246 e. The minimum absolute atomic E-state index is 0.125. The molecule has 102 valence electrons. The molecule has 1 unspecified atom stereocenters. The third kappa shape index (κ3) is 2.11. The van der Waals surface area contributed by atoms with Gasteiger partial charge in [0.25, 0.3) is 0 Å². The summed E-state index contributed by atoms with van der Waals surface area (Å²) in [6.45, 7) is 5.85. The third-order valence-corrected chi connectivity index (χ3v) is 3.53. The molecular weight excluding hydrogens is 254 g/mol. The van der Waals surface area contributed by atoms with E-state index in [1.807, 2.05) is 18.2 Å². The molecule has 1 atom stereocenters. The number of fused-ring (bicyclic) bond motifs is 1. The van der Waals surface area contributed by atoms with Crippen LogP contribution in [0.2, 0.25) is 0 Å². The van der Waals surface area contributed by atoms with Gasteiger partial charge in [0.2, 0.25) is 17.7 Å². The number of rotatable bonds is 2. The van der Waals surface area contributed by atoms with Gasteiger partial charge in [-0.05, 0) is 17.2 Å². The summed E-state index contributed by atoms with van der Waals surface area (Å²) in [6, 6.07) is 7.86. The lowest BCUT2D eigenvalue weighted by atomic mass is 9.94. The van der Waals surface area contributed by atoms with Crippen LogP contribution in [-0.2, 0) is 17.8 Å². The summed E-state index contributed by atoms with van der Waals surface area (Å²) in [5.41, 5.74) is 2.36. The van der Waals surface area contributed by atoms with Crippen molar-refractivity contribution < 1.29 is 9.21 Å². The molecule has 3 rings (SSSR count). The van der Waals surface area contributed by atoms with Crippen LogP contribution in [0.15, 0.2) is 41.3 Å². The largest absolute Gasteiger partial charge is 0.423 e. The molecule has 1 aromatic carbocycles. The number of carbonyl (C=O) groups excluding carboxylic acids is 1. The van der Waals surface area contributed by atoms with E-state index in [-0.39, 0.29) is 11.9 Å². The minimum Gasteiger partial charge on any atom is -0.423 e. The average molecular weight is 269 g/mol. The van der Waals surface area contributed by atoms with Gasteiger partial charge in [-0.1, -0.05) is 30.8 Å². The molecule has 5 heteroatoms. The van der Waals surface area contributed by atoms with Crippen molar-refractivity contribution in [1.82, 2.24) is 15.1 Å². The van der Waals surface area contributed by atoms with Crippen molar-refractivity contribution in [2.45, 2.75) is 25.9 Å². The molecule has 2 aromatic rings. The standard InChI is InChI=1S/C15H15N3O2/c1-3-14(19)18-9-12-7-5-4-6-11(12)8-13(18)15-17-16-10(2)20-15/h3-7,13H,1,8-9H2,2H3. The molecule has 1 aliphatic rings. The predicted molar refractivity (Wildman–Crippen MR) is 72.7 cm³/mol. The van der Waals surface area contributed by atoms with Gasteiger partial charge in [-0.15, -0.1) is 10.2 Å². The lowest BCUT2D eigenvalue weighted by molar-refractivity contribution is -0.130. The van der Waals surface area contributed by atoms with E-state index >= 15 is 0 Å². The van der Waals surface area contributed by atoms with Crippen molar-refractivity contribution in [2.75, 3.05) is 0 Å². The van der Waals surface area contributed by atoms with E-state index in [2.05, 4.69) is 22.8 Å². The van der Waals surface area contributed by atoms with Crippen molar-refractivity contribution in [3.05, 3.63) is 59.8 Å². The van der Waals surface area contributed by atoms with Gasteiger partial charge in [-0.3, -0.25) is 4.79 Å². The van der Waals surface area contributed by atoms with Gasteiger partial charge in [0.15, 0.2) is 0 Å². The van der Waals surface area contributed by atoms with E-state index < -0.39 is 0 Å². The lowest BCUT2D eigenvalue weighted by Crippen LogP contribution is -2.38. The van der Waals surface area contributed by atoms with E-state index in [4.69, 9.17) is 4.42 Å². The number of amides is 1. The van der Waals surface area contributed by atoms with Gasteiger partial charge in [-0.2, -0.15) is 0 Å². The van der Waals surface area contributed by atoms with Crippen molar-refractivity contribution in [3.63, 3.8) is 0 Å². The second-order valence-corrected chi connectivity index (χ2v) is 4.82. The van der Waals surface area contributed by atoms with Crippen LogP contribution in [0.1, 0.15) is 29.0 Å². The summed E-state index contributed by atoms with van der Waals surface area (Å²) in [7, 11) is 0. The van der Waals surface area contributed by atoms with Gasteiger partial charge in [0.05, 0.1) is 0 Å². The molecule has 0 saturated carbocycles. The van der Waals surface area contributed by atoms with Gasteiger partial charge in [0, 0.05) is 19.9 Å². The fourth-order valence-electron chi connectivity index (χ4n) is 2.54. The van der Waals surface area contributed by atoms with Crippen molar-refractivity contribution in [3.8, 4) is 0 Å². The van der Waals surface area contributed by atoms with Crippen LogP contribution in [0.4, 0.5) is 0 Å². The van der Waals surface area contributed by atoms with Gasteiger partial charge in [0.1, 0.15) is 6.04 Å². The molecule has 2 heterocycles. The number of benzene rings is 1. The highest BCUT2D eigenvalue weighted by Gasteiger charge is 2.33. The first-order chi connectivity index (χ1) is 9.69. The Morgan fingerprint density at radius 3 is 2.80 bits per heavy atom. The Bertz CT molecular complexity index is 663. The number of hydrogen-bond acceptors (Lipinski definition) is 4. The first-order valence-corrected chi connectivity index (χ1v) is 6.49. The van der Waals surface area contributed by atoms with E-state index in [1.54, 1.807) is 11.8 Å². The Kier molecular flexibility index (Phi) is 3.10. The maximum atomic E-state index is 12.1. The molecule has 0 radical (unpaired) electrons. The average Bonchev–Trinajstić information content (AvgIpc) is 2.91. The summed E-state index contributed by atoms with van der Waals surface area (Å²) in [4.78, 5) is 13.8. The summed E-state index contributed by atoms with van der Waals surface area (Å²) in [5.74, 6) is 0.859. The predicted octanol–water partition coefficient (Wildman–Crippen LogP) is 2.19. The zero-order valence-corrected chi connectivity index (χ0v) is 11.2. The molecule has 1 aromatic heterocycles. The maximum Gasteiger partial charge on any atom is 0.246 e. The molecule has 0 saturated heterocycles. The van der Waals surface area contributed by atoms with Crippen LogP contribution >= 0.6 is 0 Å². The lowest BCUT2D eigenvalue weighted by Gasteiger charge is -2.34. The fraction of sp³-hybridized carbons (Fsp3) is 0.267. The van der Waals surface area contributed by atoms with Crippen LogP contribution in [0.25, 0.3) is 0 Å². The summed E-state index contributed by atoms with van der Waals surface area (Å²) < 4.78 is 5.51. The summed E-state index contributed by atoms with van der Waals surface area (Å²) >= 11 is 0.